The lowest BCUT2D eigenvalue weighted by Gasteiger charge is -2.09. The number of hydrogen-bond donors (Lipinski definition) is 2. The zero-order valence-electron chi connectivity index (χ0n) is 14.6. The first kappa shape index (κ1) is 17.2. The molecule has 0 aromatic carbocycles. The van der Waals surface area contributed by atoms with Crippen molar-refractivity contribution in [3.8, 4) is 0 Å². The van der Waals surface area contributed by atoms with E-state index in [1.54, 1.807) is 16.8 Å². The Morgan fingerprint density at radius 3 is 2.78 bits per heavy atom. The van der Waals surface area contributed by atoms with Crippen molar-refractivity contribution in [1.29, 1.82) is 0 Å². The smallest absolute Gasteiger partial charge is 0.274 e. The number of halogens is 1. The van der Waals surface area contributed by atoms with Crippen LogP contribution in [0.1, 0.15) is 25.7 Å². The molecule has 3 heterocycles. The maximum atomic E-state index is 12.9. The molecule has 9 heteroatoms. The Hall–Kier alpha value is -3.23. The summed E-state index contributed by atoms with van der Waals surface area (Å²) in [6, 6.07) is 6.10. The number of pyridine rings is 1. The van der Waals surface area contributed by atoms with E-state index in [0.717, 1.165) is 19.0 Å². The number of carbonyl (C=O) groups is 1. The topological polar surface area (TPSA) is 93.3 Å². The molecule has 0 unspecified atom stereocenters. The molecule has 0 spiro atoms. The van der Waals surface area contributed by atoms with Crippen LogP contribution in [0.5, 0.6) is 0 Å². The largest absolute Gasteiger partial charge is 0.366 e. The Morgan fingerprint density at radius 2 is 2.04 bits per heavy atom. The number of carbonyl (C=O) groups excluding carboxylic acids is 1. The van der Waals surface area contributed by atoms with Crippen LogP contribution in [0.2, 0.25) is 0 Å². The lowest BCUT2D eigenvalue weighted by Crippen LogP contribution is -2.23. The van der Waals surface area contributed by atoms with E-state index in [1.807, 2.05) is 0 Å². The van der Waals surface area contributed by atoms with Crippen molar-refractivity contribution in [2.45, 2.75) is 38.3 Å². The third kappa shape index (κ3) is 3.81. The van der Waals surface area contributed by atoms with E-state index in [9.17, 15) is 14.0 Å². The van der Waals surface area contributed by atoms with E-state index < -0.39 is 5.82 Å². The standard InChI is InChI=1S/C18H19FN6O2/c19-12-5-6-14(20-10-12)22-16(26)11-24-8-7-18(27)25-17(24)9-15(23-25)21-13-3-1-2-4-13/h5-10,13H,1-4,11H2,(H,21,23)(H,20,22,26). The van der Waals surface area contributed by atoms with Gasteiger partial charge in [0.1, 0.15) is 23.8 Å². The molecule has 27 heavy (non-hydrogen) atoms. The number of rotatable bonds is 5. The summed E-state index contributed by atoms with van der Waals surface area (Å²) in [4.78, 5) is 28.2. The molecular weight excluding hydrogens is 351 g/mol. The van der Waals surface area contributed by atoms with Crippen LogP contribution < -0.4 is 16.2 Å². The Labute approximate surface area is 154 Å². The minimum atomic E-state index is -0.475. The van der Waals surface area contributed by atoms with Gasteiger partial charge in [0.25, 0.3) is 5.56 Å². The van der Waals surface area contributed by atoms with Crippen molar-refractivity contribution < 1.29 is 9.18 Å². The van der Waals surface area contributed by atoms with Crippen LogP contribution in [0.3, 0.4) is 0 Å². The number of hydrogen-bond acceptors (Lipinski definition) is 5. The zero-order valence-corrected chi connectivity index (χ0v) is 14.6. The minimum Gasteiger partial charge on any atom is -0.366 e. The monoisotopic (exact) mass is 370 g/mol. The summed E-state index contributed by atoms with van der Waals surface area (Å²) in [5.41, 5.74) is 0.256. The molecule has 0 aliphatic heterocycles. The highest BCUT2D eigenvalue weighted by Gasteiger charge is 2.17. The van der Waals surface area contributed by atoms with Gasteiger partial charge in [-0.25, -0.2) is 9.37 Å². The van der Waals surface area contributed by atoms with Crippen LogP contribution in [-0.4, -0.2) is 31.1 Å². The van der Waals surface area contributed by atoms with Crippen LogP contribution in [0, 0.1) is 5.82 Å². The van der Waals surface area contributed by atoms with Crippen LogP contribution in [0.15, 0.2) is 41.5 Å². The van der Waals surface area contributed by atoms with E-state index in [1.165, 1.54) is 35.6 Å². The van der Waals surface area contributed by atoms with Crippen molar-refractivity contribution in [3.63, 3.8) is 0 Å². The number of nitrogens with one attached hydrogen (secondary N) is 2. The Balaban J connectivity index is 1.54. The van der Waals surface area contributed by atoms with Crippen molar-refractivity contribution in [2.75, 3.05) is 10.6 Å². The molecule has 0 atom stereocenters. The van der Waals surface area contributed by atoms with Crippen LogP contribution in [0.25, 0.3) is 5.65 Å². The van der Waals surface area contributed by atoms with Crippen molar-refractivity contribution >= 4 is 23.2 Å². The molecule has 8 nitrogen and oxygen atoms in total. The molecule has 0 saturated heterocycles. The predicted molar refractivity (Wildman–Crippen MR) is 98.2 cm³/mol. The van der Waals surface area contributed by atoms with E-state index in [4.69, 9.17) is 0 Å². The van der Waals surface area contributed by atoms with Crippen LogP contribution in [0.4, 0.5) is 16.0 Å². The number of anilines is 2. The van der Waals surface area contributed by atoms with Gasteiger partial charge in [-0.3, -0.25) is 9.59 Å². The molecule has 0 bridgehead atoms. The summed E-state index contributed by atoms with van der Waals surface area (Å²) in [7, 11) is 0. The fourth-order valence-electron chi connectivity index (χ4n) is 3.31. The quantitative estimate of drug-likeness (QED) is 0.717. The third-order valence-corrected chi connectivity index (χ3v) is 4.61. The lowest BCUT2D eigenvalue weighted by molar-refractivity contribution is -0.116. The maximum absolute atomic E-state index is 12.9. The van der Waals surface area contributed by atoms with Crippen molar-refractivity contribution in [2.24, 2.45) is 0 Å². The van der Waals surface area contributed by atoms with Crippen LogP contribution in [-0.2, 0) is 11.3 Å². The van der Waals surface area contributed by atoms with E-state index >= 15 is 0 Å². The van der Waals surface area contributed by atoms with Crippen molar-refractivity contribution in [3.05, 3.63) is 52.8 Å². The van der Waals surface area contributed by atoms with Gasteiger partial charge in [0.2, 0.25) is 5.91 Å². The lowest BCUT2D eigenvalue weighted by atomic mass is 10.2. The first-order valence-corrected chi connectivity index (χ1v) is 8.86. The fourth-order valence-corrected chi connectivity index (χ4v) is 3.31. The van der Waals surface area contributed by atoms with E-state index in [2.05, 4.69) is 20.7 Å². The number of fused-ring (bicyclic) bond motifs is 1. The first-order valence-electron chi connectivity index (χ1n) is 8.86. The second kappa shape index (κ2) is 7.18. The molecule has 4 rings (SSSR count). The van der Waals surface area contributed by atoms with Gasteiger partial charge in [-0.15, -0.1) is 5.10 Å². The number of aromatic nitrogens is 4. The Morgan fingerprint density at radius 1 is 1.22 bits per heavy atom. The SMILES string of the molecule is O=C(Cn1ccc(=O)n2nc(NC3CCCC3)cc12)Nc1ccc(F)cn1. The highest BCUT2D eigenvalue weighted by molar-refractivity contribution is 5.89. The van der Waals surface area contributed by atoms with Gasteiger partial charge in [0, 0.05) is 24.4 Å². The average molecular weight is 370 g/mol. The maximum Gasteiger partial charge on any atom is 0.274 e. The highest BCUT2D eigenvalue weighted by atomic mass is 19.1. The molecular formula is C18H19FN6O2. The van der Waals surface area contributed by atoms with Gasteiger partial charge in [-0.2, -0.15) is 4.52 Å². The minimum absolute atomic E-state index is 0.0304. The normalized spacial score (nSPS) is 14.6. The van der Waals surface area contributed by atoms with Gasteiger partial charge in [-0.05, 0) is 25.0 Å². The average Bonchev–Trinajstić information content (AvgIpc) is 3.30. The summed E-state index contributed by atoms with van der Waals surface area (Å²) < 4.78 is 15.8. The fraction of sp³-hybridized carbons (Fsp3) is 0.333. The van der Waals surface area contributed by atoms with E-state index in [-0.39, 0.29) is 23.8 Å². The molecule has 1 saturated carbocycles. The van der Waals surface area contributed by atoms with E-state index in [0.29, 0.717) is 17.5 Å². The van der Waals surface area contributed by atoms with Crippen LogP contribution >= 0.6 is 0 Å². The third-order valence-electron chi connectivity index (χ3n) is 4.61. The molecule has 1 aliphatic carbocycles. The second-order valence-corrected chi connectivity index (χ2v) is 6.62. The molecule has 140 valence electrons. The molecule has 3 aromatic rings. The van der Waals surface area contributed by atoms with Crippen molar-refractivity contribution in [1.82, 2.24) is 19.2 Å². The molecule has 1 amide bonds. The van der Waals surface area contributed by atoms with Gasteiger partial charge < -0.3 is 15.2 Å². The summed E-state index contributed by atoms with van der Waals surface area (Å²) in [5, 5.41) is 10.3. The molecule has 0 radical (unpaired) electrons. The molecule has 3 aromatic heterocycles. The molecule has 1 aliphatic rings. The zero-order chi connectivity index (χ0) is 18.8. The second-order valence-electron chi connectivity index (χ2n) is 6.62. The number of nitrogens with zero attached hydrogens (tertiary/aromatic N) is 4. The summed E-state index contributed by atoms with van der Waals surface area (Å²) in [6.45, 7) is -0.0304. The Kier molecular flexibility index (Phi) is 4.57. The summed E-state index contributed by atoms with van der Waals surface area (Å²) in [5.74, 6) is 0.0675. The van der Waals surface area contributed by atoms with Gasteiger partial charge in [0.05, 0.1) is 6.20 Å². The predicted octanol–water partition coefficient (Wildman–Crippen LogP) is 2.02. The highest BCUT2D eigenvalue weighted by Crippen LogP contribution is 2.22. The van der Waals surface area contributed by atoms with Gasteiger partial charge in [0.15, 0.2) is 5.82 Å². The van der Waals surface area contributed by atoms with Gasteiger partial charge >= 0.3 is 0 Å². The Bertz CT molecular complexity index is 1020. The van der Waals surface area contributed by atoms with Gasteiger partial charge in [-0.1, -0.05) is 12.8 Å². The summed E-state index contributed by atoms with van der Waals surface area (Å²) in [6.07, 6.45) is 7.14. The number of amides is 1. The molecule has 2 N–H and O–H groups in total. The summed E-state index contributed by atoms with van der Waals surface area (Å²) >= 11 is 0. The first-order chi connectivity index (χ1) is 13.1. The molecule has 1 fully saturated rings.